The van der Waals surface area contributed by atoms with E-state index < -0.39 is 22.7 Å². The maximum atomic E-state index is 12.6. The van der Waals surface area contributed by atoms with Crippen LogP contribution in [0, 0.1) is 5.92 Å². The zero-order valence-electron chi connectivity index (χ0n) is 15.8. The second-order valence-corrected chi connectivity index (χ2v) is 6.96. The molecule has 1 unspecified atom stereocenters. The summed E-state index contributed by atoms with van der Waals surface area (Å²) in [5, 5.41) is 2.84. The highest BCUT2D eigenvalue weighted by Crippen LogP contribution is 2.14. The Morgan fingerprint density at radius 3 is 2.37 bits per heavy atom. The first-order valence-corrected chi connectivity index (χ1v) is 8.62. The Balaban J connectivity index is 0.00000364. The van der Waals surface area contributed by atoms with Gasteiger partial charge in [0.25, 0.3) is 5.56 Å². The molecule has 2 rings (SSSR count). The molecule has 0 saturated carbocycles. The lowest BCUT2D eigenvalue weighted by Crippen LogP contribution is -2.56. The van der Waals surface area contributed by atoms with E-state index in [0.717, 1.165) is 10.1 Å². The molecule has 0 bridgehead atoms. The number of carbonyl (C=O) groups is 1. The van der Waals surface area contributed by atoms with Gasteiger partial charge in [0, 0.05) is 18.8 Å². The Morgan fingerprint density at radius 1 is 1.19 bits per heavy atom. The lowest BCUT2D eigenvalue weighted by Gasteiger charge is -2.33. The summed E-state index contributed by atoms with van der Waals surface area (Å²) in [5.74, 6) is -0.304. The molecule has 1 heterocycles. The van der Waals surface area contributed by atoms with E-state index in [0.29, 0.717) is 6.54 Å². The van der Waals surface area contributed by atoms with Gasteiger partial charge in [-0.2, -0.15) is 0 Å². The molecule has 2 aromatic rings. The number of hydrogen-bond acceptors (Lipinski definition) is 4. The van der Waals surface area contributed by atoms with Gasteiger partial charge < -0.3 is 11.1 Å². The molecule has 0 fully saturated rings. The van der Waals surface area contributed by atoms with E-state index >= 15 is 0 Å². The molecule has 3 N–H and O–H groups in total. The third-order valence-corrected chi connectivity index (χ3v) is 4.76. The molecule has 148 valence electrons. The quantitative estimate of drug-likeness (QED) is 0.730. The van der Waals surface area contributed by atoms with Crippen LogP contribution in [0.25, 0.3) is 0 Å². The highest BCUT2D eigenvalue weighted by Gasteiger charge is 2.28. The number of rotatable bonds is 7. The number of halogens is 1. The van der Waals surface area contributed by atoms with Gasteiger partial charge >= 0.3 is 5.69 Å². The number of nitrogens with one attached hydrogen (secondary N) is 1. The smallest absolute Gasteiger partial charge is 0.331 e. The van der Waals surface area contributed by atoms with Crippen molar-refractivity contribution in [3.05, 3.63) is 69.0 Å². The van der Waals surface area contributed by atoms with Crippen LogP contribution in [0.5, 0.6) is 0 Å². The molecule has 0 aliphatic carbocycles. The van der Waals surface area contributed by atoms with Crippen LogP contribution < -0.4 is 22.3 Å². The van der Waals surface area contributed by atoms with E-state index in [2.05, 4.69) is 5.32 Å². The van der Waals surface area contributed by atoms with Gasteiger partial charge in [-0.15, -0.1) is 12.4 Å². The van der Waals surface area contributed by atoms with E-state index in [1.165, 1.54) is 16.8 Å². The predicted octanol–water partition coefficient (Wildman–Crippen LogP) is 0.970. The Morgan fingerprint density at radius 2 is 1.81 bits per heavy atom. The number of nitrogens with two attached hydrogens (primary N) is 1. The van der Waals surface area contributed by atoms with Gasteiger partial charge in [0.05, 0.1) is 12.1 Å². The van der Waals surface area contributed by atoms with Gasteiger partial charge in [-0.05, 0) is 18.4 Å². The van der Waals surface area contributed by atoms with Crippen LogP contribution in [0.15, 0.2) is 52.2 Å². The SMILES string of the molecule is CC(C)C(C)(CN)NC(=O)Cn1c(=O)ccn(Cc2ccccc2)c1=O.Cl. The number of hydrogen-bond donors (Lipinski definition) is 2. The fourth-order valence-corrected chi connectivity index (χ4v) is 2.54. The zero-order valence-corrected chi connectivity index (χ0v) is 16.7. The fraction of sp³-hybridized carbons (Fsp3) is 0.421. The molecule has 7 nitrogen and oxygen atoms in total. The predicted molar refractivity (Wildman–Crippen MR) is 108 cm³/mol. The van der Waals surface area contributed by atoms with Crippen molar-refractivity contribution in [2.45, 2.75) is 39.4 Å². The van der Waals surface area contributed by atoms with Crippen molar-refractivity contribution in [2.24, 2.45) is 11.7 Å². The highest BCUT2D eigenvalue weighted by molar-refractivity contribution is 5.85. The molecule has 0 saturated heterocycles. The standard InChI is InChI=1S/C19H26N4O3.ClH/c1-14(2)19(3,13-20)21-16(24)12-23-17(25)9-10-22(18(23)26)11-15-7-5-4-6-8-15;/h4-10,14H,11-13,20H2,1-3H3,(H,21,24);1H. The van der Waals surface area contributed by atoms with Crippen LogP contribution in [0.3, 0.4) is 0 Å². The minimum atomic E-state index is -0.599. The lowest BCUT2D eigenvalue weighted by molar-refractivity contribution is -0.124. The zero-order chi connectivity index (χ0) is 19.3. The van der Waals surface area contributed by atoms with E-state index in [-0.39, 0.29) is 31.4 Å². The summed E-state index contributed by atoms with van der Waals surface area (Å²) in [6.07, 6.45) is 1.45. The van der Waals surface area contributed by atoms with Crippen molar-refractivity contribution >= 4 is 18.3 Å². The summed E-state index contributed by atoms with van der Waals surface area (Å²) in [6.45, 7) is 6.00. The Kier molecular flexibility index (Phi) is 7.99. The van der Waals surface area contributed by atoms with Crippen LogP contribution in [0.2, 0.25) is 0 Å². The van der Waals surface area contributed by atoms with Crippen molar-refractivity contribution in [3.8, 4) is 0 Å². The average Bonchev–Trinajstić information content (AvgIpc) is 2.61. The van der Waals surface area contributed by atoms with Gasteiger partial charge in [-0.3, -0.25) is 18.7 Å². The largest absolute Gasteiger partial charge is 0.348 e. The van der Waals surface area contributed by atoms with Crippen LogP contribution in [0.1, 0.15) is 26.3 Å². The van der Waals surface area contributed by atoms with E-state index in [4.69, 9.17) is 5.73 Å². The molecule has 8 heteroatoms. The van der Waals surface area contributed by atoms with Gasteiger partial charge in [-0.25, -0.2) is 4.79 Å². The molecule has 27 heavy (non-hydrogen) atoms. The summed E-state index contributed by atoms with van der Waals surface area (Å²) in [4.78, 5) is 37.1. The molecule has 1 atom stereocenters. The molecule has 1 aromatic carbocycles. The van der Waals surface area contributed by atoms with Crippen molar-refractivity contribution in [1.29, 1.82) is 0 Å². The second-order valence-electron chi connectivity index (χ2n) is 6.96. The Labute approximate surface area is 164 Å². The number of carbonyl (C=O) groups excluding carboxylic acids is 1. The third kappa shape index (κ3) is 5.55. The number of amides is 1. The van der Waals surface area contributed by atoms with Crippen LogP contribution in [-0.4, -0.2) is 27.1 Å². The monoisotopic (exact) mass is 394 g/mol. The van der Waals surface area contributed by atoms with Crippen LogP contribution in [-0.2, 0) is 17.9 Å². The first-order chi connectivity index (χ1) is 12.3. The second kappa shape index (κ2) is 9.53. The molecule has 1 aromatic heterocycles. The van der Waals surface area contributed by atoms with Gasteiger partial charge in [0.2, 0.25) is 5.91 Å². The van der Waals surface area contributed by atoms with Crippen molar-refractivity contribution < 1.29 is 4.79 Å². The van der Waals surface area contributed by atoms with E-state index in [1.54, 1.807) is 0 Å². The number of nitrogens with zero attached hydrogens (tertiary/aromatic N) is 2. The highest BCUT2D eigenvalue weighted by atomic mass is 35.5. The average molecular weight is 395 g/mol. The van der Waals surface area contributed by atoms with Gasteiger partial charge in [0.1, 0.15) is 6.54 Å². The summed E-state index contributed by atoms with van der Waals surface area (Å²) >= 11 is 0. The molecule has 1 amide bonds. The minimum absolute atomic E-state index is 0. The Hall–Kier alpha value is -2.38. The molecular formula is C19H27ClN4O3. The van der Waals surface area contributed by atoms with Gasteiger partial charge in [0.15, 0.2) is 0 Å². The van der Waals surface area contributed by atoms with Crippen molar-refractivity contribution in [2.75, 3.05) is 6.54 Å². The number of benzene rings is 1. The van der Waals surface area contributed by atoms with Crippen LogP contribution in [0.4, 0.5) is 0 Å². The molecule has 0 aliphatic rings. The summed E-state index contributed by atoms with van der Waals surface area (Å²) in [5.41, 5.74) is 5.08. The molecule has 0 radical (unpaired) electrons. The molecule has 0 aliphatic heterocycles. The fourth-order valence-electron chi connectivity index (χ4n) is 2.54. The maximum absolute atomic E-state index is 12.6. The minimum Gasteiger partial charge on any atom is -0.348 e. The van der Waals surface area contributed by atoms with E-state index in [9.17, 15) is 14.4 Å². The summed E-state index contributed by atoms with van der Waals surface area (Å²) in [7, 11) is 0. The van der Waals surface area contributed by atoms with Crippen molar-refractivity contribution in [3.63, 3.8) is 0 Å². The van der Waals surface area contributed by atoms with E-state index in [1.807, 2.05) is 51.1 Å². The topological polar surface area (TPSA) is 99.1 Å². The Bertz CT molecular complexity index is 877. The first kappa shape index (κ1) is 22.7. The summed E-state index contributed by atoms with van der Waals surface area (Å²) in [6, 6.07) is 10.7. The maximum Gasteiger partial charge on any atom is 0.331 e. The number of aromatic nitrogens is 2. The normalized spacial score (nSPS) is 12.9. The van der Waals surface area contributed by atoms with Crippen LogP contribution >= 0.6 is 12.4 Å². The first-order valence-electron chi connectivity index (χ1n) is 8.62. The lowest BCUT2D eigenvalue weighted by atomic mass is 9.88. The molecular weight excluding hydrogens is 368 g/mol. The third-order valence-electron chi connectivity index (χ3n) is 4.76. The van der Waals surface area contributed by atoms with Gasteiger partial charge in [-0.1, -0.05) is 44.2 Å². The summed E-state index contributed by atoms with van der Waals surface area (Å²) < 4.78 is 2.35. The van der Waals surface area contributed by atoms with Crippen molar-refractivity contribution in [1.82, 2.24) is 14.5 Å². The molecule has 0 spiro atoms.